The molecule has 32 heteroatoms. The highest BCUT2D eigenvalue weighted by Crippen LogP contribution is 2.12. The van der Waals surface area contributed by atoms with E-state index in [1.807, 2.05) is 13.8 Å². The number of nitrogens with zero attached hydrogens (tertiary/aromatic N) is 1. The van der Waals surface area contributed by atoms with E-state index in [-0.39, 0.29) is 62.6 Å². The third-order valence-electron chi connectivity index (χ3n) is 12.3. The Morgan fingerprint density at radius 1 is 0.518 bits per heavy atom. The Morgan fingerprint density at radius 2 is 0.916 bits per heavy atom. The number of primary amides is 2. The number of hydrogen-bond acceptors (Lipinski definition) is 17. The topological polar surface area (TPSA) is 506 Å². The maximum absolute atomic E-state index is 14.3. The zero-order valence-corrected chi connectivity index (χ0v) is 49.0. The number of aliphatic carboxylic acids is 2. The summed E-state index contributed by atoms with van der Waals surface area (Å²) >= 11 is 1.35. The van der Waals surface area contributed by atoms with E-state index in [2.05, 4.69) is 63.1 Å². The first-order valence-electron chi connectivity index (χ1n) is 27.1. The van der Waals surface area contributed by atoms with E-state index in [1.54, 1.807) is 20.1 Å². The molecule has 0 spiro atoms. The second-order valence-corrected chi connectivity index (χ2v) is 21.7. The van der Waals surface area contributed by atoms with Gasteiger partial charge in [0.2, 0.25) is 70.9 Å². The van der Waals surface area contributed by atoms with Crippen molar-refractivity contribution in [3.8, 4) is 0 Å². The molecule has 10 atom stereocenters. The molecular formula is C51H85N15O16S. The molecular weight excluding hydrogens is 1110 g/mol. The van der Waals surface area contributed by atoms with E-state index in [0.717, 1.165) is 0 Å². The second-order valence-electron chi connectivity index (χ2n) is 20.7. The predicted molar refractivity (Wildman–Crippen MR) is 300 cm³/mol. The largest absolute Gasteiger partial charge is 0.481 e. The minimum atomic E-state index is -1.96. The minimum absolute atomic E-state index is 0.00226. The van der Waals surface area contributed by atoms with Crippen LogP contribution in [0.1, 0.15) is 125 Å². The molecule has 0 bridgehead atoms. The van der Waals surface area contributed by atoms with Crippen molar-refractivity contribution >= 4 is 94.6 Å². The summed E-state index contributed by atoms with van der Waals surface area (Å²) in [6.07, 6.45) is 1.41. The summed E-state index contributed by atoms with van der Waals surface area (Å²) in [5, 5.41) is 43.6. The van der Waals surface area contributed by atoms with Crippen LogP contribution in [0, 0.1) is 11.8 Å². The molecule has 1 heterocycles. The van der Waals surface area contributed by atoms with Crippen LogP contribution in [0.2, 0.25) is 0 Å². The van der Waals surface area contributed by atoms with Gasteiger partial charge in [-0.25, -0.2) is 4.98 Å². The second kappa shape index (κ2) is 38.0. The number of aromatic nitrogens is 2. The predicted octanol–water partition coefficient (Wildman–Crippen LogP) is -4.08. The number of thioether (sulfide) groups is 1. The Morgan fingerprint density at radius 3 is 1.34 bits per heavy atom. The average Bonchev–Trinajstić information content (AvgIpc) is 3.93. The average molecular weight is 1200 g/mol. The summed E-state index contributed by atoms with van der Waals surface area (Å²) < 4.78 is 0. The van der Waals surface area contributed by atoms with Crippen molar-refractivity contribution < 1.29 is 77.3 Å². The Kier molecular flexibility index (Phi) is 33.5. The highest BCUT2D eigenvalue weighted by atomic mass is 32.2. The molecule has 0 radical (unpaired) electrons. The van der Waals surface area contributed by atoms with Crippen LogP contribution in [0.25, 0.3) is 0 Å². The van der Waals surface area contributed by atoms with Gasteiger partial charge in [0.05, 0.1) is 12.7 Å². The lowest BCUT2D eigenvalue weighted by molar-refractivity contribution is -0.139. The first kappa shape index (κ1) is 73.1. The molecule has 1 aromatic heterocycles. The quantitative estimate of drug-likeness (QED) is 0.0277. The Bertz CT molecular complexity index is 2390. The van der Waals surface area contributed by atoms with Crippen molar-refractivity contribution in [1.82, 2.24) is 63.1 Å². The van der Waals surface area contributed by atoms with Crippen LogP contribution in [0.3, 0.4) is 0 Å². The molecule has 1 aromatic rings. The van der Waals surface area contributed by atoms with Crippen molar-refractivity contribution in [2.75, 3.05) is 18.6 Å². The summed E-state index contributed by atoms with van der Waals surface area (Å²) in [6, 6.07) is -14.4. The number of nitrogens with two attached hydrogens (primary N) is 3. The highest BCUT2D eigenvalue weighted by Gasteiger charge is 2.36. The van der Waals surface area contributed by atoms with E-state index in [9.17, 15) is 77.3 Å². The molecule has 0 aliphatic rings. The monoisotopic (exact) mass is 1200 g/mol. The number of unbranched alkanes of at least 4 members (excludes halogenated alkanes) is 1. The van der Waals surface area contributed by atoms with E-state index in [1.165, 1.54) is 45.1 Å². The van der Waals surface area contributed by atoms with Gasteiger partial charge in [-0.15, -0.1) is 0 Å². The van der Waals surface area contributed by atoms with Crippen LogP contribution in [0.5, 0.6) is 0 Å². The van der Waals surface area contributed by atoms with Gasteiger partial charge in [0.25, 0.3) is 0 Å². The molecule has 0 aromatic carbocycles. The van der Waals surface area contributed by atoms with Crippen molar-refractivity contribution in [3.05, 3.63) is 18.2 Å². The van der Waals surface area contributed by atoms with Crippen LogP contribution in [-0.2, 0) is 73.5 Å². The van der Waals surface area contributed by atoms with Crippen molar-refractivity contribution in [2.45, 2.75) is 186 Å². The van der Waals surface area contributed by atoms with Gasteiger partial charge in [0.15, 0.2) is 0 Å². The summed E-state index contributed by atoms with van der Waals surface area (Å²) in [5.41, 5.74) is 16.9. The lowest BCUT2D eigenvalue weighted by Crippen LogP contribution is -2.61. The Hall–Kier alpha value is -7.90. The zero-order valence-electron chi connectivity index (χ0n) is 48.2. The molecule has 31 nitrogen and oxygen atoms in total. The smallest absolute Gasteiger partial charge is 0.303 e. The Balaban J connectivity index is 3.57. The molecule has 0 fully saturated rings. The molecule has 0 aliphatic heterocycles. The lowest BCUT2D eigenvalue weighted by atomic mass is 10.0. The zero-order chi connectivity index (χ0) is 63.1. The number of carboxylic acids is 2. The van der Waals surface area contributed by atoms with Gasteiger partial charge >= 0.3 is 11.9 Å². The van der Waals surface area contributed by atoms with Gasteiger partial charge in [0, 0.05) is 38.1 Å². The minimum Gasteiger partial charge on any atom is -0.481 e. The van der Waals surface area contributed by atoms with Gasteiger partial charge in [-0.1, -0.05) is 27.7 Å². The number of nitrogens with one attached hydrogen (secondary N) is 11. The number of hydrogen-bond donors (Lipinski definition) is 16. The van der Waals surface area contributed by atoms with Crippen molar-refractivity contribution in [1.29, 1.82) is 0 Å². The fraction of sp³-hybridized carbons (Fsp3) is 0.667. The first-order chi connectivity index (χ1) is 38.9. The van der Waals surface area contributed by atoms with Crippen LogP contribution in [0.4, 0.5) is 0 Å². The number of imidazole rings is 1. The van der Waals surface area contributed by atoms with Crippen LogP contribution < -0.4 is 70.4 Å². The SMILES string of the molecule is CSCC[C@H](NC(=O)[C@H](C)NC(=O)[C@H](CC(C)C)NC(C)=O)C(=O)N[C@@H](CCCCN)C(=O)N[C@@H](Cc1cnc[nH]1)C(=O)N[C@@H](CCC(=O)O)C(=O)N[C@@H](CC(N)=O)C(=O)N[C@@H](CCC(=O)O)C(=O)N[C@@H](C)C(=O)N[C@@H](CC(C)C)C(N)=O. The molecule has 12 amide bonds. The number of carbonyl (C=O) groups is 14. The third kappa shape index (κ3) is 29.6. The summed E-state index contributed by atoms with van der Waals surface area (Å²) in [5.74, 6) is -13.8. The van der Waals surface area contributed by atoms with E-state index < -0.39 is 175 Å². The summed E-state index contributed by atoms with van der Waals surface area (Å²) in [7, 11) is 0. The fourth-order valence-corrected chi connectivity index (χ4v) is 8.43. The molecule has 0 unspecified atom stereocenters. The molecule has 0 saturated heterocycles. The highest BCUT2D eigenvalue weighted by molar-refractivity contribution is 7.98. The van der Waals surface area contributed by atoms with E-state index >= 15 is 0 Å². The summed E-state index contributed by atoms with van der Waals surface area (Å²) in [4.78, 5) is 190. The molecule has 0 saturated carbocycles. The molecule has 1 rings (SSSR count). The number of carbonyl (C=O) groups excluding carboxylic acids is 12. The van der Waals surface area contributed by atoms with Crippen LogP contribution >= 0.6 is 11.8 Å². The fourth-order valence-electron chi connectivity index (χ4n) is 7.96. The normalized spacial score (nSPS) is 14.7. The Labute approximate surface area is 485 Å². The molecule has 19 N–H and O–H groups in total. The maximum atomic E-state index is 14.3. The van der Waals surface area contributed by atoms with Gasteiger partial charge in [-0.3, -0.25) is 67.1 Å². The first-order valence-corrected chi connectivity index (χ1v) is 28.5. The molecule has 83 heavy (non-hydrogen) atoms. The van der Waals surface area contributed by atoms with Gasteiger partial charge in [0.1, 0.15) is 60.4 Å². The van der Waals surface area contributed by atoms with Gasteiger partial charge < -0.3 is 85.6 Å². The number of amides is 12. The number of aromatic amines is 1. The number of rotatable bonds is 41. The lowest BCUT2D eigenvalue weighted by Gasteiger charge is -2.28. The van der Waals surface area contributed by atoms with Gasteiger partial charge in [-0.2, -0.15) is 11.8 Å². The number of carboxylic acid groups (broad SMARTS) is 2. The van der Waals surface area contributed by atoms with Gasteiger partial charge in [-0.05, 0) is 95.6 Å². The van der Waals surface area contributed by atoms with Crippen LogP contribution in [-0.4, -0.2) is 182 Å². The van der Waals surface area contributed by atoms with Crippen molar-refractivity contribution in [2.24, 2.45) is 29.0 Å². The summed E-state index contributed by atoms with van der Waals surface area (Å²) in [6.45, 7) is 11.3. The van der Waals surface area contributed by atoms with E-state index in [0.29, 0.717) is 12.2 Å². The third-order valence-corrected chi connectivity index (χ3v) is 12.9. The maximum Gasteiger partial charge on any atom is 0.303 e. The molecule has 0 aliphatic carbocycles. The molecule has 466 valence electrons. The van der Waals surface area contributed by atoms with Crippen LogP contribution in [0.15, 0.2) is 12.5 Å². The van der Waals surface area contributed by atoms with Crippen molar-refractivity contribution in [3.63, 3.8) is 0 Å². The standard InChI is InChI=1S/C51H85N15O16S/c1-25(2)19-35(42(54)73)64-44(75)28(6)57-45(76)32(12-14-40(69)70)62-51(82)38(22-39(53)68)66-47(78)33(13-15-41(71)72)63-50(81)37(21-30-23-55-24-56-30)65-46(77)31(11-9-10-17-52)61-48(79)34(16-18-83-8)60-43(74)27(5)58-49(80)36(20-26(3)4)59-29(7)67/h23-28,31-38H,9-22,52H2,1-8H3,(H2,53,68)(H2,54,73)(H,55,56)(H,57,76)(H,58,80)(H,59,67)(H,60,74)(H,61,79)(H,62,82)(H,63,81)(H,64,75)(H,65,77)(H,66,78)(H,69,70)(H,71,72)/t27-,28-,31-,32-,33-,34-,35-,36-,37-,38-/m0/s1. The number of H-pyrrole nitrogens is 1. The van der Waals surface area contributed by atoms with E-state index in [4.69, 9.17) is 17.2 Å².